The number of rotatable bonds is 5. The third-order valence-corrected chi connectivity index (χ3v) is 5.44. The highest BCUT2D eigenvalue weighted by molar-refractivity contribution is 7.09. The van der Waals surface area contributed by atoms with Gasteiger partial charge in [-0.15, -0.1) is 11.3 Å². The highest BCUT2D eigenvalue weighted by Crippen LogP contribution is 2.28. The molecule has 0 saturated carbocycles. The topological polar surface area (TPSA) is 42.4 Å². The van der Waals surface area contributed by atoms with E-state index in [-0.39, 0.29) is 5.91 Å². The number of amides is 1. The number of carbonyl (C=O) groups excluding carboxylic acids is 1. The number of aromatic nitrogens is 1. The van der Waals surface area contributed by atoms with Gasteiger partial charge in [-0.05, 0) is 36.6 Å². The summed E-state index contributed by atoms with van der Waals surface area (Å²) in [6.45, 7) is 3.21. The van der Waals surface area contributed by atoms with Gasteiger partial charge in [-0.2, -0.15) is 0 Å². The van der Waals surface area contributed by atoms with Crippen LogP contribution in [0.5, 0.6) is 5.75 Å². The number of thiazole rings is 1. The average Bonchev–Trinajstić information content (AvgIpc) is 3.28. The van der Waals surface area contributed by atoms with E-state index in [9.17, 15) is 4.79 Å². The van der Waals surface area contributed by atoms with Crippen molar-refractivity contribution in [2.75, 3.05) is 11.4 Å². The van der Waals surface area contributed by atoms with Gasteiger partial charge in [0.2, 0.25) is 5.91 Å². The van der Waals surface area contributed by atoms with Crippen LogP contribution in [0.15, 0.2) is 53.9 Å². The highest BCUT2D eigenvalue weighted by atomic mass is 32.1. The molecule has 0 saturated heterocycles. The molecule has 0 N–H and O–H groups in total. The SMILES string of the molecule is Cc1ccccc1OCc1nc(CC(=O)N2CCc3ccccc32)cs1. The Kier molecular flexibility index (Phi) is 4.71. The second-order valence-electron chi connectivity index (χ2n) is 6.39. The van der Waals surface area contributed by atoms with Crippen LogP contribution in [0.2, 0.25) is 0 Å². The third-order valence-electron chi connectivity index (χ3n) is 4.56. The molecule has 2 aromatic carbocycles. The molecule has 1 aromatic heterocycles. The molecule has 0 unspecified atom stereocenters. The minimum absolute atomic E-state index is 0.103. The Hall–Kier alpha value is -2.66. The van der Waals surface area contributed by atoms with E-state index in [0.29, 0.717) is 13.0 Å². The summed E-state index contributed by atoms with van der Waals surface area (Å²) in [7, 11) is 0. The van der Waals surface area contributed by atoms with Gasteiger partial charge >= 0.3 is 0 Å². The lowest BCUT2D eigenvalue weighted by Crippen LogP contribution is -2.30. The number of para-hydroxylation sites is 2. The highest BCUT2D eigenvalue weighted by Gasteiger charge is 2.24. The van der Waals surface area contributed by atoms with E-state index in [0.717, 1.165) is 40.7 Å². The Labute approximate surface area is 157 Å². The van der Waals surface area contributed by atoms with Crippen LogP contribution >= 0.6 is 11.3 Å². The lowest BCUT2D eigenvalue weighted by atomic mass is 10.2. The summed E-state index contributed by atoms with van der Waals surface area (Å²) in [5.74, 6) is 0.973. The molecule has 0 radical (unpaired) electrons. The Balaban J connectivity index is 1.38. The van der Waals surface area contributed by atoms with E-state index in [1.54, 1.807) is 0 Å². The normalized spacial score (nSPS) is 12.9. The Morgan fingerprint density at radius 2 is 2.00 bits per heavy atom. The standard InChI is InChI=1S/C21H20N2O2S/c1-15-6-2-5-9-19(15)25-13-20-22-17(14-26-20)12-21(24)23-11-10-16-7-3-4-8-18(16)23/h2-9,14H,10-13H2,1H3. The number of benzene rings is 2. The molecule has 0 aliphatic carbocycles. The molecule has 2 heterocycles. The molecule has 0 atom stereocenters. The van der Waals surface area contributed by atoms with Crippen molar-refractivity contribution >= 4 is 22.9 Å². The van der Waals surface area contributed by atoms with Crippen molar-refractivity contribution in [1.29, 1.82) is 0 Å². The van der Waals surface area contributed by atoms with Crippen LogP contribution < -0.4 is 9.64 Å². The van der Waals surface area contributed by atoms with Gasteiger partial charge < -0.3 is 9.64 Å². The number of hydrogen-bond acceptors (Lipinski definition) is 4. The van der Waals surface area contributed by atoms with E-state index in [4.69, 9.17) is 4.74 Å². The fourth-order valence-corrected chi connectivity index (χ4v) is 3.91. The van der Waals surface area contributed by atoms with Gasteiger partial charge in [0.05, 0.1) is 12.1 Å². The molecule has 0 spiro atoms. The molecule has 1 aliphatic rings. The predicted molar refractivity (Wildman–Crippen MR) is 104 cm³/mol. The molecule has 26 heavy (non-hydrogen) atoms. The zero-order chi connectivity index (χ0) is 17.9. The summed E-state index contributed by atoms with van der Waals surface area (Å²) in [4.78, 5) is 19.1. The van der Waals surface area contributed by atoms with Crippen LogP contribution in [0.1, 0.15) is 21.8 Å². The first-order valence-electron chi connectivity index (χ1n) is 8.70. The summed E-state index contributed by atoms with van der Waals surface area (Å²) in [6, 6.07) is 16.0. The summed E-state index contributed by atoms with van der Waals surface area (Å²) in [6.07, 6.45) is 1.25. The minimum Gasteiger partial charge on any atom is -0.486 e. The van der Waals surface area contributed by atoms with Crippen molar-refractivity contribution in [2.24, 2.45) is 0 Å². The molecule has 4 rings (SSSR count). The van der Waals surface area contributed by atoms with Crippen LogP contribution in [-0.4, -0.2) is 17.4 Å². The van der Waals surface area contributed by atoms with Crippen molar-refractivity contribution in [3.8, 4) is 5.75 Å². The molecule has 3 aromatic rings. The van der Waals surface area contributed by atoms with Crippen molar-refractivity contribution in [3.63, 3.8) is 0 Å². The Morgan fingerprint density at radius 3 is 2.88 bits per heavy atom. The van der Waals surface area contributed by atoms with Crippen molar-refractivity contribution in [3.05, 3.63) is 75.7 Å². The minimum atomic E-state index is 0.103. The van der Waals surface area contributed by atoms with Crippen LogP contribution in [0.25, 0.3) is 0 Å². The van der Waals surface area contributed by atoms with Gasteiger partial charge in [0, 0.05) is 17.6 Å². The van der Waals surface area contributed by atoms with Gasteiger partial charge in [-0.3, -0.25) is 4.79 Å². The van der Waals surface area contributed by atoms with Gasteiger partial charge in [-0.25, -0.2) is 4.98 Å². The molecular formula is C21H20N2O2S. The summed E-state index contributed by atoms with van der Waals surface area (Å²) in [5.41, 5.74) is 4.20. The first kappa shape index (κ1) is 16.8. The largest absolute Gasteiger partial charge is 0.486 e. The molecule has 132 valence electrons. The number of carbonyl (C=O) groups is 1. The fraction of sp³-hybridized carbons (Fsp3) is 0.238. The smallest absolute Gasteiger partial charge is 0.233 e. The first-order chi connectivity index (χ1) is 12.7. The predicted octanol–water partition coefficient (Wildman–Crippen LogP) is 4.16. The van der Waals surface area contributed by atoms with Gasteiger partial charge in [0.1, 0.15) is 17.4 Å². The number of aryl methyl sites for hydroxylation is 1. The lowest BCUT2D eigenvalue weighted by Gasteiger charge is -2.16. The van der Waals surface area contributed by atoms with E-state index in [2.05, 4.69) is 11.1 Å². The second kappa shape index (κ2) is 7.30. The monoisotopic (exact) mass is 364 g/mol. The lowest BCUT2D eigenvalue weighted by molar-refractivity contribution is -0.117. The van der Waals surface area contributed by atoms with Crippen molar-refractivity contribution in [1.82, 2.24) is 4.98 Å². The van der Waals surface area contributed by atoms with Gasteiger partial charge in [-0.1, -0.05) is 36.4 Å². The molecule has 0 fully saturated rings. The quantitative estimate of drug-likeness (QED) is 0.683. The van der Waals surface area contributed by atoms with Crippen LogP contribution in [0.4, 0.5) is 5.69 Å². The van der Waals surface area contributed by atoms with Crippen LogP contribution in [0.3, 0.4) is 0 Å². The summed E-state index contributed by atoms with van der Waals surface area (Å²) in [5, 5.41) is 2.84. The summed E-state index contributed by atoms with van der Waals surface area (Å²) < 4.78 is 5.84. The number of hydrogen-bond donors (Lipinski definition) is 0. The molecule has 1 aliphatic heterocycles. The summed E-state index contributed by atoms with van der Waals surface area (Å²) >= 11 is 1.54. The van der Waals surface area contributed by atoms with Crippen LogP contribution in [0, 0.1) is 6.92 Å². The number of anilines is 1. The molecule has 1 amide bonds. The van der Waals surface area contributed by atoms with E-state index in [1.807, 2.05) is 59.7 Å². The maximum Gasteiger partial charge on any atom is 0.233 e. The Bertz CT molecular complexity index is 935. The Morgan fingerprint density at radius 1 is 1.19 bits per heavy atom. The van der Waals surface area contributed by atoms with Gasteiger partial charge in [0.15, 0.2) is 0 Å². The number of nitrogens with zero attached hydrogens (tertiary/aromatic N) is 2. The van der Waals surface area contributed by atoms with Gasteiger partial charge in [0.25, 0.3) is 0 Å². The van der Waals surface area contributed by atoms with E-state index in [1.165, 1.54) is 16.9 Å². The molecule has 0 bridgehead atoms. The maximum atomic E-state index is 12.7. The second-order valence-corrected chi connectivity index (χ2v) is 7.33. The average molecular weight is 364 g/mol. The van der Waals surface area contributed by atoms with Crippen molar-refractivity contribution < 1.29 is 9.53 Å². The molecule has 5 heteroatoms. The van der Waals surface area contributed by atoms with E-state index >= 15 is 0 Å². The number of fused-ring (bicyclic) bond motifs is 1. The third kappa shape index (κ3) is 3.48. The molecule has 4 nitrogen and oxygen atoms in total. The first-order valence-corrected chi connectivity index (χ1v) is 9.58. The van der Waals surface area contributed by atoms with Crippen molar-refractivity contribution in [2.45, 2.75) is 26.4 Å². The maximum absolute atomic E-state index is 12.7. The zero-order valence-corrected chi connectivity index (χ0v) is 15.5. The molecular weight excluding hydrogens is 344 g/mol. The van der Waals surface area contributed by atoms with E-state index < -0.39 is 0 Å². The zero-order valence-electron chi connectivity index (χ0n) is 14.6. The van der Waals surface area contributed by atoms with Crippen LogP contribution in [-0.2, 0) is 24.2 Å². The fourth-order valence-electron chi connectivity index (χ4n) is 3.20. The number of ether oxygens (including phenoxy) is 1.